The topological polar surface area (TPSA) is 52.6 Å². The Hall–Kier alpha value is -0.900. The normalized spacial score (nSPS) is 12.3. The van der Waals surface area contributed by atoms with Crippen LogP contribution in [0.15, 0.2) is 0 Å². The Morgan fingerprint density at radius 1 is 1.12 bits per heavy atom. The monoisotopic (exact) mass is 244 g/mol. The molecule has 0 amide bonds. The summed E-state index contributed by atoms with van der Waals surface area (Å²) in [6, 6.07) is 0. The maximum absolute atomic E-state index is 10.9. The Morgan fingerprint density at radius 3 is 2.18 bits per heavy atom. The average Bonchev–Trinajstić information content (AvgIpc) is 2.11. The lowest BCUT2D eigenvalue weighted by molar-refractivity contribution is -0.156. The van der Waals surface area contributed by atoms with Crippen LogP contribution in [0.2, 0.25) is 0 Å². The van der Waals surface area contributed by atoms with Gasteiger partial charge in [-0.3, -0.25) is 4.79 Å². The molecule has 0 aromatic carbocycles. The van der Waals surface area contributed by atoms with Gasteiger partial charge in [-0.2, -0.15) is 0 Å². The minimum Gasteiger partial charge on any atom is -0.460 e. The van der Waals surface area contributed by atoms with E-state index in [1.807, 2.05) is 27.7 Å². The van der Waals surface area contributed by atoms with Gasteiger partial charge in [-0.05, 0) is 34.1 Å². The average molecular weight is 244 g/mol. The summed E-state index contributed by atoms with van der Waals surface area (Å²) < 4.78 is 10.9. The van der Waals surface area contributed by atoms with Crippen LogP contribution in [0, 0.1) is 0 Å². The fourth-order valence-corrected chi connectivity index (χ4v) is 1.49. The highest BCUT2D eigenvalue weighted by molar-refractivity contribution is 5.66. The van der Waals surface area contributed by atoms with E-state index in [0.29, 0.717) is 25.9 Å². The highest BCUT2D eigenvalue weighted by Gasteiger charge is 2.23. The lowest BCUT2D eigenvalue weighted by atomic mass is 10.0. The summed E-state index contributed by atoms with van der Waals surface area (Å²) in [4.78, 5) is 21.2. The third-order valence-electron chi connectivity index (χ3n) is 2.48. The van der Waals surface area contributed by atoms with E-state index in [0.717, 1.165) is 6.29 Å². The minimum atomic E-state index is -0.507. The predicted molar refractivity (Wildman–Crippen MR) is 65.8 cm³/mol. The lowest BCUT2D eigenvalue weighted by Gasteiger charge is -2.29. The molecule has 0 spiro atoms. The Bertz CT molecular complexity index is 256. The fourth-order valence-electron chi connectivity index (χ4n) is 1.49. The maximum Gasteiger partial charge on any atom is 0.303 e. The maximum atomic E-state index is 10.9. The molecule has 0 rings (SSSR count). The zero-order chi connectivity index (χ0) is 13.5. The molecule has 0 bridgehead atoms. The second-order valence-corrected chi connectivity index (χ2v) is 5.42. The highest BCUT2D eigenvalue weighted by atomic mass is 16.6. The van der Waals surface area contributed by atoms with Crippen LogP contribution in [0.25, 0.3) is 0 Å². The van der Waals surface area contributed by atoms with Crippen molar-refractivity contribution in [3.8, 4) is 0 Å². The van der Waals surface area contributed by atoms with Crippen molar-refractivity contribution in [2.45, 2.75) is 65.1 Å². The number of esters is 1. The molecule has 0 aromatic heterocycles. The highest BCUT2D eigenvalue weighted by Crippen LogP contribution is 2.20. The summed E-state index contributed by atoms with van der Waals surface area (Å²) in [5, 5.41) is 0. The van der Waals surface area contributed by atoms with E-state index in [1.54, 1.807) is 0 Å². The van der Waals surface area contributed by atoms with Crippen LogP contribution in [0.4, 0.5) is 0 Å². The van der Waals surface area contributed by atoms with Crippen molar-refractivity contribution in [1.29, 1.82) is 0 Å². The number of hydrogen-bond donors (Lipinski definition) is 0. The van der Waals surface area contributed by atoms with Crippen LogP contribution < -0.4 is 0 Å². The molecule has 0 N–H and O–H groups in total. The van der Waals surface area contributed by atoms with Gasteiger partial charge in [0.1, 0.15) is 11.9 Å². The Morgan fingerprint density at radius 2 is 1.71 bits per heavy atom. The van der Waals surface area contributed by atoms with Gasteiger partial charge in [0.2, 0.25) is 0 Å². The molecular formula is C13H24O4. The fraction of sp³-hybridized carbons (Fsp3) is 0.846. The SMILES string of the molecule is CC(=O)OC(C)(C)CCOC(C)(C)CCC=O. The van der Waals surface area contributed by atoms with Gasteiger partial charge < -0.3 is 14.3 Å². The van der Waals surface area contributed by atoms with Gasteiger partial charge in [0.15, 0.2) is 0 Å². The summed E-state index contributed by atoms with van der Waals surface area (Å²) in [6.07, 6.45) is 2.73. The van der Waals surface area contributed by atoms with Gasteiger partial charge in [0.25, 0.3) is 0 Å². The van der Waals surface area contributed by atoms with E-state index in [4.69, 9.17) is 9.47 Å². The summed E-state index contributed by atoms with van der Waals surface area (Å²) >= 11 is 0. The molecule has 4 nitrogen and oxygen atoms in total. The van der Waals surface area contributed by atoms with Crippen LogP contribution in [0.1, 0.15) is 53.9 Å². The Labute approximate surface area is 104 Å². The molecule has 0 aliphatic heterocycles. The molecule has 0 saturated heterocycles. The predicted octanol–water partition coefficient (Wildman–Crippen LogP) is 2.49. The molecule has 100 valence electrons. The number of carbonyl (C=O) groups is 2. The van der Waals surface area contributed by atoms with Crippen LogP contribution in [-0.4, -0.2) is 30.1 Å². The van der Waals surface area contributed by atoms with E-state index in [2.05, 4.69) is 0 Å². The molecule has 0 aliphatic rings. The van der Waals surface area contributed by atoms with E-state index in [-0.39, 0.29) is 11.6 Å². The second-order valence-electron chi connectivity index (χ2n) is 5.42. The summed E-state index contributed by atoms with van der Waals surface area (Å²) in [7, 11) is 0. The Balaban J connectivity index is 3.96. The van der Waals surface area contributed by atoms with Gasteiger partial charge in [-0.25, -0.2) is 0 Å². The molecule has 0 atom stereocenters. The summed E-state index contributed by atoms with van der Waals surface area (Å²) in [5.41, 5.74) is -0.820. The van der Waals surface area contributed by atoms with Crippen LogP contribution >= 0.6 is 0 Å². The summed E-state index contributed by atoms with van der Waals surface area (Å²) in [6.45, 7) is 9.53. The number of ether oxygens (including phenoxy) is 2. The molecule has 0 heterocycles. The Kier molecular flexibility index (Phi) is 6.39. The first-order chi connectivity index (χ1) is 7.68. The second kappa shape index (κ2) is 6.74. The molecular weight excluding hydrogens is 220 g/mol. The first-order valence-corrected chi connectivity index (χ1v) is 5.96. The van der Waals surface area contributed by atoms with Gasteiger partial charge >= 0.3 is 5.97 Å². The van der Waals surface area contributed by atoms with Crippen molar-refractivity contribution in [2.75, 3.05) is 6.61 Å². The molecule has 0 unspecified atom stereocenters. The quantitative estimate of drug-likeness (QED) is 0.486. The first-order valence-electron chi connectivity index (χ1n) is 5.96. The standard InChI is InChI=1S/C13H24O4/c1-11(15)17-13(4,5)8-10-16-12(2,3)7-6-9-14/h9H,6-8,10H2,1-5H3. The van der Waals surface area contributed by atoms with Crippen LogP contribution in [0.5, 0.6) is 0 Å². The molecule has 0 saturated carbocycles. The van der Waals surface area contributed by atoms with E-state index in [1.165, 1.54) is 6.92 Å². The number of rotatable bonds is 8. The largest absolute Gasteiger partial charge is 0.460 e. The first kappa shape index (κ1) is 16.1. The van der Waals surface area contributed by atoms with Gasteiger partial charge in [0, 0.05) is 19.8 Å². The van der Waals surface area contributed by atoms with E-state index < -0.39 is 5.60 Å². The molecule has 0 aromatic rings. The van der Waals surface area contributed by atoms with Crippen molar-refractivity contribution >= 4 is 12.3 Å². The van der Waals surface area contributed by atoms with E-state index >= 15 is 0 Å². The number of aldehydes is 1. The lowest BCUT2D eigenvalue weighted by Crippen LogP contribution is -2.32. The number of hydrogen-bond acceptors (Lipinski definition) is 4. The third kappa shape index (κ3) is 8.86. The molecule has 4 heteroatoms. The van der Waals surface area contributed by atoms with Crippen molar-refractivity contribution in [3.63, 3.8) is 0 Å². The number of carbonyl (C=O) groups excluding carboxylic acids is 2. The minimum absolute atomic E-state index is 0.282. The molecule has 0 fully saturated rings. The molecule has 17 heavy (non-hydrogen) atoms. The van der Waals surface area contributed by atoms with Crippen molar-refractivity contribution in [1.82, 2.24) is 0 Å². The van der Waals surface area contributed by atoms with Crippen LogP contribution in [-0.2, 0) is 19.1 Å². The summed E-state index contributed by atoms with van der Waals surface area (Å²) in [5.74, 6) is -0.282. The van der Waals surface area contributed by atoms with Crippen molar-refractivity contribution in [2.24, 2.45) is 0 Å². The molecule has 0 aliphatic carbocycles. The van der Waals surface area contributed by atoms with E-state index in [9.17, 15) is 9.59 Å². The van der Waals surface area contributed by atoms with Gasteiger partial charge in [0.05, 0.1) is 12.2 Å². The third-order valence-corrected chi connectivity index (χ3v) is 2.48. The van der Waals surface area contributed by atoms with Crippen molar-refractivity contribution < 1.29 is 19.1 Å². The zero-order valence-corrected chi connectivity index (χ0v) is 11.5. The van der Waals surface area contributed by atoms with Gasteiger partial charge in [-0.1, -0.05) is 0 Å². The van der Waals surface area contributed by atoms with Gasteiger partial charge in [-0.15, -0.1) is 0 Å². The smallest absolute Gasteiger partial charge is 0.303 e. The van der Waals surface area contributed by atoms with Crippen molar-refractivity contribution in [3.05, 3.63) is 0 Å². The molecule has 0 radical (unpaired) electrons. The van der Waals surface area contributed by atoms with Crippen LogP contribution in [0.3, 0.4) is 0 Å². The zero-order valence-electron chi connectivity index (χ0n) is 11.5.